The molecule has 0 aliphatic carbocycles. The first kappa shape index (κ1) is 23.9. The summed E-state index contributed by atoms with van der Waals surface area (Å²) in [5.74, 6) is -0.411. The van der Waals surface area contributed by atoms with Crippen molar-refractivity contribution in [2.75, 3.05) is 10.6 Å². The van der Waals surface area contributed by atoms with Crippen molar-refractivity contribution in [3.8, 4) is 17.3 Å². The molecule has 37 heavy (non-hydrogen) atoms. The Hall–Kier alpha value is -4.80. The summed E-state index contributed by atoms with van der Waals surface area (Å²) in [6.45, 7) is 4.00. The molecule has 5 aromatic rings. The molecule has 0 aliphatic heterocycles. The Labute approximate surface area is 218 Å². The van der Waals surface area contributed by atoms with Gasteiger partial charge in [-0.05, 0) is 61.4 Å². The van der Waals surface area contributed by atoms with Gasteiger partial charge in [-0.3, -0.25) is 4.79 Å². The molecule has 0 bridgehead atoms. The monoisotopic (exact) mass is 504 g/mol. The van der Waals surface area contributed by atoms with E-state index in [0.29, 0.717) is 28.3 Å². The third-order valence-electron chi connectivity index (χ3n) is 5.88. The molecule has 5 rings (SSSR count). The van der Waals surface area contributed by atoms with Crippen LogP contribution in [-0.2, 0) is 0 Å². The quantitative estimate of drug-likeness (QED) is 0.254. The zero-order chi connectivity index (χ0) is 25.9. The van der Waals surface area contributed by atoms with Crippen LogP contribution in [0.3, 0.4) is 0 Å². The fourth-order valence-corrected chi connectivity index (χ4v) is 4.12. The summed E-state index contributed by atoms with van der Waals surface area (Å²) < 4.78 is 0. The minimum absolute atomic E-state index is 0.101. The van der Waals surface area contributed by atoms with Gasteiger partial charge in [0.25, 0.3) is 5.91 Å². The van der Waals surface area contributed by atoms with Crippen LogP contribution in [0.2, 0.25) is 5.15 Å². The lowest BCUT2D eigenvalue weighted by Crippen LogP contribution is -2.16. The molecule has 0 aliphatic rings. The number of nitriles is 1. The third-order valence-corrected chi connectivity index (χ3v) is 6.15. The van der Waals surface area contributed by atoms with Gasteiger partial charge >= 0.3 is 0 Å². The average molecular weight is 505 g/mol. The summed E-state index contributed by atoms with van der Waals surface area (Å²) >= 11 is 6.65. The zero-order valence-corrected chi connectivity index (χ0v) is 20.8. The summed E-state index contributed by atoms with van der Waals surface area (Å²) in [5, 5.41) is 16.4. The molecule has 0 fully saturated rings. The molecule has 2 aromatic carbocycles. The molecule has 0 saturated carbocycles. The number of hydrogen-bond donors (Lipinski definition) is 2. The normalized spacial score (nSPS) is 10.6. The molecule has 2 N–H and O–H groups in total. The molecular formula is C29H21ClN6O. The Morgan fingerprint density at radius 2 is 1.78 bits per heavy atom. The Morgan fingerprint density at radius 1 is 0.946 bits per heavy atom. The van der Waals surface area contributed by atoms with Crippen LogP contribution in [0, 0.1) is 25.2 Å². The van der Waals surface area contributed by atoms with Crippen LogP contribution in [0.25, 0.3) is 22.2 Å². The van der Waals surface area contributed by atoms with E-state index in [2.05, 4.69) is 25.6 Å². The maximum absolute atomic E-state index is 13.2. The van der Waals surface area contributed by atoms with Crippen LogP contribution < -0.4 is 10.6 Å². The molecule has 8 heteroatoms. The van der Waals surface area contributed by atoms with Gasteiger partial charge in [0.15, 0.2) is 5.15 Å². The predicted molar refractivity (Wildman–Crippen MR) is 146 cm³/mol. The molecule has 0 saturated heterocycles. The van der Waals surface area contributed by atoms with Gasteiger partial charge in [0.2, 0.25) is 0 Å². The van der Waals surface area contributed by atoms with Gasteiger partial charge in [-0.15, -0.1) is 0 Å². The second-order valence-corrected chi connectivity index (χ2v) is 8.91. The number of fused-ring (bicyclic) bond motifs is 1. The second kappa shape index (κ2) is 10.1. The zero-order valence-electron chi connectivity index (χ0n) is 20.1. The standard InChI is InChI=1S/C29H21ClN6O/c1-17-7-8-18(2)24(13-17)34-26-14-25(20-9-11-21(15-31)32-16-20)35-28(30)27(26)36-29(37)23-12-10-19-5-3-4-6-22(19)33-23/h3-14,16H,1-2H3,(H,34,35)(H,36,37). The number of pyridine rings is 3. The Balaban J connectivity index is 1.56. The molecule has 1 amide bonds. The van der Waals surface area contributed by atoms with Gasteiger partial charge in [-0.25, -0.2) is 15.0 Å². The van der Waals surface area contributed by atoms with Crippen molar-refractivity contribution >= 4 is 45.5 Å². The summed E-state index contributed by atoms with van der Waals surface area (Å²) in [6, 6.07) is 24.4. The molecular weight excluding hydrogens is 484 g/mol. The van der Waals surface area contributed by atoms with Crippen molar-refractivity contribution in [1.82, 2.24) is 15.0 Å². The number of benzene rings is 2. The van der Waals surface area contributed by atoms with Crippen molar-refractivity contribution in [3.63, 3.8) is 0 Å². The van der Waals surface area contributed by atoms with Crippen LogP contribution in [0.5, 0.6) is 0 Å². The van der Waals surface area contributed by atoms with Gasteiger partial charge in [0, 0.05) is 22.8 Å². The van der Waals surface area contributed by atoms with E-state index in [1.165, 1.54) is 0 Å². The molecule has 0 radical (unpaired) electrons. The number of aromatic nitrogens is 3. The third kappa shape index (κ3) is 5.10. The van der Waals surface area contributed by atoms with Crippen molar-refractivity contribution in [2.45, 2.75) is 13.8 Å². The maximum atomic E-state index is 13.2. The van der Waals surface area contributed by atoms with E-state index in [0.717, 1.165) is 27.7 Å². The van der Waals surface area contributed by atoms with Crippen LogP contribution in [-0.4, -0.2) is 20.9 Å². The largest absolute Gasteiger partial charge is 0.353 e. The molecule has 180 valence electrons. The fourth-order valence-electron chi connectivity index (χ4n) is 3.88. The fraction of sp³-hybridized carbons (Fsp3) is 0.0690. The van der Waals surface area contributed by atoms with Crippen molar-refractivity contribution in [2.24, 2.45) is 0 Å². The van der Waals surface area contributed by atoms with Gasteiger partial charge in [-0.1, -0.05) is 48.0 Å². The van der Waals surface area contributed by atoms with Gasteiger partial charge < -0.3 is 10.6 Å². The summed E-state index contributed by atoms with van der Waals surface area (Å²) in [6.07, 6.45) is 1.57. The molecule has 3 aromatic heterocycles. The van der Waals surface area contributed by atoms with E-state index in [9.17, 15) is 4.79 Å². The van der Waals surface area contributed by atoms with E-state index in [-0.39, 0.29) is 10.8 Å². The van der Waals surface area contributed by atoms with Gasteiger partial charge in [0.1, 0.15) is 23.1 Å². The number of carbonyl (C=O) groups is 1. The Bertz CT molecular complexity index is 1690. The predicted octanol–water partition coefficient (Wildman–Crippen LogP) is 6.83. The van der Waals surface area contributed by atoms with E-state index in [1.807, 2.05) is 68.4 Å². The second-order valence-electron chi connectivity index (χ2n) is 8.55. The van der Waals surface area contributed by atoms with Crippen LogP contribution in [0.15, 0.2) is 79.0 Å². The molecule has 0 atom stereocenters. The number of nitrogens with zero attached hydrogens (tertiary/aromatic N) is 4. The maximum Gasteiger partial charge on any atom is 0.274 e. The minimum atomic E-state index is -0.411. The van der Waals surface area contributed by atoms with Crippen molar-refractivity contribution < 1.29 is 4.79 Å². The van der Waals surface area contributed by atoms with E-state index in [4.69, 9.17) is 16.9 Å². The summed E-state index contributed by atoms with van der Waals surface area (Å²) in [4.78, 5) is 26.4. The van der Waals surface area contributed by atoms with Gasteiger partial charge in [0.05, 0.1) is 16.9 Å². The number of carbonyl (C=O) groups excluding carboxylic acids is 1. The first-order chi connectivity index (χ1) is 17.9. The number of para-hydroxylation sites is 1. The SMILES string of the molecule is Cc1ccc(C)c(Nc2cc(-c3ccc(C#N)nc3)nc(Cl)c2NC(=O)c2ccc3ccccc3n2)c1. The first-order valence-corrected chi connectivity index (χ1v) is 11.9. The van der Waals surface area contributed by atoms with Crippen molar-refractivity contribution in [3.05, 3.63) is 107 Å². The first-order valence-electron chi connectivity index (χ1n) is 11.5. The Kier molecular flexibility index (Phi) is 6.50. The molecule has 7 nitrogen and oxygen atoms in total. The molecule has 0 spiro atoms. The van der Waals surface area contributed by atoms with Crippen LogP contribution in [0.4, 0.5) is 17.1 Å². The van der Waals surface area contributed by atoms with Crippen molar-refractivity contribution in [1.29, 1.82) is 5.26 Å². The number of aryl methyl sites for hydroxylation is 2. The smallest absolute Gasteiger partial charge is 0.274 e. The number of halogens is 1. The number of anilines is 3. The lowest BCUT2D eigenvalue weighted by Gasteiger charge is -2.17. The van der Waals surface area contributed by atoms with E-state index in [1.54, 1.807) is 30.5 Å². The summed E-state index contributed by atoms with van der Waals surface area (Å²) in [5.41, 5.74) is 6.35. The minimum Gasteiger partial charge on any atom is -0.353 e. The lowest BCUT2D eigenvalue weighted by molar-refractivity contribution is 0.102. The molecule has 3 heterocycles. The highest BCUT2D eigenvalue weighted by Gasteiger charge is 2.18. The number of hydrogen-bond acceptors (Lipinski definition) is 6. The topological polar surface area (TPSA) is 104 Å². The van der Waals surface area contributed by atoms with Crippen LogP contribution in [0.1, 0.15) is 27.3 Å². The highest BCUT2D eigenvalue weighted by Crippen LogP contribution is 2.36. The Morgan fingerprint density at radius 3 is 2.57 bits per heavy atom. The average Bonchev–Trinajstić information content (AvgIpc) is 2.92. The summed E-state index contributed by atoms with van der Waals surface area (Å²) in [7, 11) is 0. The number of amides is 1. The highest BCUT2D eigenvalue weighted by atomic mass is 35.5. The number of nitrogens with one attached hydrogen (secondary N) is 2. The van der Waals surface area contributed by atoms with Crippen LogP contribution >= 0.6 is 11.6 Å². The number of rotatable bonds is 5. The highest BCUT2D eigenvalue weighted by molar-refractivity contribution is 6.33. The van der Waals surface area contributed by atoms with Gasteiger partial charge in [-0.2, -0.15) is 5.26 Å². The van der Waals surface area contributed by atoms with E-state index < -0.39 is 5.91 Å². The lowest BCUT2D eigenvalue weighted by atomic mass is 10.1. The molecule has 0 unspecified atom stereocenters. The van der Waals surface area contributed by atoms with E-state index >= 15 is 0 Å².